The van der Waals surface area contributed by atoms with E-state index < -0.39 is 11.9 Å². The zero-order valence-electron chi connectivity index (χ0n) is 5.26. The van der Waals surface area contributed by atoms with Gasteiger partial charge in [-0.3, -0.25) is 15.0 Å². The molecule has 0 atom stereocenters. The van der Waals surface area contributed by atoms with Crippen LogP contribution in [0.2, 0.25) is 0 Å². The second-order valence-corrected chi connectivity index (χ2v) is 1.44. The summed E-state index contributed by atoms with van der Waals surface area (Å²) in [5.41, 5.74) is 4.24. The molecule has 0 aliphatic carbocycles. The number of hydrogen-bond acceptors (Lipinski definition) is 3. The van der Waals surface area contributed by atoms with Gasteiger partial charge in [-0.15, -0.1) is 0 Å². The Morgan fingerprint density at radius 1 is 1.60 bits per heavy atom. The van der Waals surface area contributed by atoms with Crippen LogP contribution >= 0.6 is 0 Å². The Morgan fingerprint density at radius 2 is 2.20 bits per heavy atom. The smallest absolute Gasteiger partial charge is 0.319 e. The van der Waals surface area contributed by atoms with Gasteiger partial charge in [0.2, 0.25) is 0 Å². The summed E-state index contributed by atoms with van der Waals surface area (Å²) >= 11 is 0. The van der Waals surface area contributed by atoms with E-state index in [1.165, 1.54) is 0 Å². The number of carboxylic acids is 1. The van der Waals surface area contributed by atoms with Gasteiger partial charge in [0.1, 0.15) is 6.54 Å². The highest BCUT2D eigenvalue weighted by atomic mass is 16.4. The highest BCUT2D eigenvalue weighted by Gasteiger charge is 1.95. The minimum atomic E-state index is -1.04. The molecule has 0 fully saturated rings. The van der Waals surface area contributed by atoms with Crippen molar-refractivity contribution in [3.8, 4) is 0 Å². The molecule has 0 unspecified atom stereocenters. The zero-order valence-corrected chi connectivity index (χ0v) is 5.26. The molecule has 1 amide bonds. The van der Waals surface area contributed by atoms with Gasteiger partial charge in [-0.25, -0.2) is 5.43 Å². The van der Waals surface area contributed by atoms with Gasteiger partial charge in [0.25, 0.3) is 5.91 Å². The van der Waals surface area contributed by atoms with Crippen molar-refractivity contribution >= 4 is 11.9 Å². The fourth-order valence-electron chi connectivity index (χ4n) is 0.258. The number of amides is 1. The van der Waals surface area contributed by atoms with Crippen LogP contribution in [-0.2, 0) is 9.59 Å². The van der Waals surface area contributed by atoms with E-state index in [4.69, 9.17) is 5.11 Å². The molecule has 0 bridgehead atoms. The number of aliphatic carboxylic acids is 1. The monoisotopic (exact) mass is 144 g/mol. The predicted octanol–water partition coefficient (Wildman–Crippen LogP) is -1.12. The first-order chi connectivity index (χ1) is 4.66. The molecule has 0 heterocycles. The van der Waals surface area contributed by atoms with E-state index in [0.29, 0.717) is 0 Å². The number of carbonyl (C=O) groups is 2. The molecule has 3 N–H and O–H groups in total. The summed E-state index contributed by atoms with van der Waals surface area (Å²) in [4.78, 5) is 20.1. The lowest BCUT2D eigenvalue weighted by molar-refractivity contribution is -0.136. The van der Waals surface area contributed by atoms with Crippen LogP contribution in [0, 0.1) is 0 Å². The van der Waals surface area contributed by atoms with E-state index >= 15 is 0 Å². The van der Waals surface area contributed by atoms with Crippen LogP contribution in [0.3, 0.4) is 0 Å². The standard InChI is InChI=1S/C5H8N2O3/c1-2-4(8)7-6-3-5(9)10/h2,6H,1,3H2,(H,7,8)(H,9,10). The van der Waals surface area contributed by atoms with E-state index in [0.717, 1.165) is 6.08 Å². The van der Waals surface area contributed by atoms with Crippen LogP contribution in [0.1, 0.15) is 0 Å². The lowest BCUT2D eigenvalue weighted by atomic mass is 10.6. The molecule has 56 valence electrons. The average molecular weight is 144 g/mol. The Balaban J connectivity index is 3.28. The van der Waals surface area contributed by atoms with Crippen LogP contribution in [0.15, 0.2) is 12.7 Å². The first-order valence-corrected chi connectivity index (χ1v) is 2.54. The summed E-state index contributed by atoms with van der Waals surface area (Å²) < 4.78 is 0. The van der Waals surface area contributed by atoms with Crippen molar-refractivity contribution < 1.29 is 14.7 Å². The SMILES string of the molecule is C=CC(=O)NNCC(=O)O. The van der Waals surface area contributed by atoms with E-state index in [2.05, 4.69) is 17.4 Å². The number of carbonyl (C=O) groups excluding carboxylic acids is 1. The summed E-state index contributed by atoms with van der Waals surface area (Å²) in [6, 6.07) is 0. The fourth-order valence-corrected chi connectivity index (χ4v) is 0.258. The predicted molar refractivity (Wildman–Crippen MR) is 34.0 cm³/mol. The van der Waals surface area contributed by atoms with Crippen molar-refractivity contribution in [2.24, 2.45) is 0 Å². The molecule has 0 aromatic rings. The lowest BCUT2D eigenvalue weighted by Gasteiger charge is -1.99. The van der Waals surface area contributed by atoms with Crippen molar-refractivity contribution in [2.75, 3.05) is 6.54 Å². The van der Waals surface area contributed by atoms with Gasteiger partial charge in [0, 0.05) is 0 Å². The third kappa shape index (κ3) is 4.79. The molecule has 10 heavy (non-hydrogen) atoms. The maximum absolute atomic E-state index is 10.3. The van der Waals surface area contributed by atoms with Gasteiger partial charge in [-0.1, -0.05) is 6.58 Å². The van der Waals surface area contributed by atoms with E-state index in [-0.39, 0.29) is 6.54 Å². The first-order valence-electron chi connectivity index (χ1n) is 2.54. The van der Waals surface area contributed by atoms with Crippen molar-refractivity contribution in [2.45, 2.75) is 0 Å². The van der Waals surface area contributed by atoms with Crippen LogP contribution in [-0.4, -0.2) is 23.5 Å². The summed E-state index contributed by atoms with van der Waals surface area (Å²) in [6.45, 7) is 2.85. The lowest BCUT2D eigenvalue weighted by Crippen LogP contribution is -2.39. The topological polar surface area (TPSA) is 78.4 Å². The summed E-state index contributed by atoms with van der Waals surface area (Å²) in [6.07, 6.45) is 1.04. The van der Waals surface area contributed by atoms with Crippen molar-refractivity contribution in [3.63, 3.8) is 0 Å². The van der Waals surface area contributed by atoms with E-state index in [1.807, 2.05) is 0 Å². The molecule has 0 radical (unpaired) electrons. The molecule has 0 rings (SSSR count). The third-order valence-corrected chi connectivity index (χ3v) is 0.637. The van der Waals surface area contributed by atoms with E-state index in [1.54, 1.807) is 0 Å². The van der Waals surface area contributed by atoms with Crippen LogP contribution in [0.5, 0.6) is 0 Å². The molecule has 5 nitrogen and oxygen atoms in total. The Bertz CT molecular complexity index is 155. The number of hydrazine groups is 1. The van der Waals surface area contributed by atoms with Crippen molar-refractivity contribution in [1.29, 1.82) is 0 Å². The van der Waals surface area contributed by atoms with Gasteiger partial charge < -0.3 is 5.11 Å². The van der Waals surface area contributed by atoms with Crippen LogP contribution < -0.4 is 10.9 Å². The van der Waals surface area contributed by atoms with Crippen molar-refractivity contribution in [1.82, 2.24) is 10.9 Å². The molecule has 0 aliphatic heterocycles. The van der Waals surface area contributed by atoms with Crippen LogP contribution in [0.25, 0.3) is 0 Å². The summed E-state index contributed by atoms with van der Waals surface area (Å²) in [5.74, 6) is -1.49. The van der Waals surface area contributed by atoms with E-state index in [9.17, 15) is 9.59 Å². The minimum Gasteiger partial charge on any atom is -0.480 e. The highest BCUT2D eigenvalue weighted by Crippen LogP contribution is 1.61. The zero-order chi connectivity index (χ0) is 7.98. The van der Waals surface area contributed by atoms with Gasteiger partial charge in [-0.05, 0) is 6.08 Å². The molecule has 0 aromatic carbocycles. The Morgan fingerprint density at radius 3 is 2.60 bits per heavy atom. The van der Waals surface area contributed by atoms with Gasteiger partial charge in [0.05, 0.1) is 0 Å². The molecular weight excluding hydrogens is 136 g/mol. The maximum atomic E-state index is 10.3. The molecule has 0 saturated heterocycles. The fraction of sp³-hybridized carbons (Fsp3) is 0.200. The van der Waals surface area contributed by atoms with Crippen molar-refractivity contribution in [3.05, 3.63) is 12.7 Å². The Labute approximate surface area is 57.7 Å². The summed E-state index contributed by atoms with van der Waals surface area (Å²) in [5, 5.41) is 8.06. The Hall–Kier alpha value is -1.36. The number of carboxylic acid groups (broad SMARTS) is 1. The Kier molecular flexibility index (Phi) is 3.90. The maximum Gasteiger partial charge on any atom is 0.319 e. The highest BCUT2D eigenvalue weighted by molar-refractivity contribution is 5.86. The second kappa shape index (κ2) is 4.51. The van der Waals surface area contributed by atoms with Gasteiger partial charge >= 0.3 is 5.97 Å². The second-order valence-electron chi connectivity index (χ2n) is 1.44. The normalized spacial score (nSPS) is 8.40. The molecule has 5 heteroatoms. The molecule has 0 aromatic heterocycles. The molecule has 0 aliphatic rings. The number of rotatable bonds is 4. The number of hydrogen-bond donors (Lipinski definition) is 3. The molecule has 0 spiro atoms. The average Bonchev–Trinajstić information content (AvgIpc) is 1.87. The largest absolute Gasteiger partial charge is 0.480 e. The third-order valence-electron chi connectivity index (χ3n) is 0.637. The first kappa shape index (κ1) is 8.64. The van der Waals surface area contributed by atoms with Gasteiger partial charge in [0.15, 0.2) is 0 Å². The van der Waals surface area contributed by atoms with Crippen LogP contribution in [0.4, 0.5) is 0 Å². The van der Waals surface area contributed by atoms with Gasteiger partial charge in [-0.2, -0.15) is 0 Å². The summed E-state index contributed by atoms with van der Waals surface area (Å²) in [7, 11) is 0. The molecule has 0 saturated carbocycles. The minimum absolute atomic E-state index is 0.306. The quantitative estimate of drug-likeness (QED) is 0.345. The molecular formula is C5H8N2O3. The number of nitrogens with one attached hydrogen (secondary N) is 2.